The van der Waals surface area contributed by atoms with E-state index in [1.165, 1.54) is 12.1 Å². The summed E-state index contributed by atoms with van der Waals surface area (Å²) in [6.45, 7) is 2.02. The quantitative estimate of drug-likeness (QED) is 0.828. The third kappa shape index (κ3) is 2.92. The Labute approximate surface area is 123 Å². The molecule has 0 aromatic heterocycles. The van der Waals surface area contributed by atoms with Crippen LogP contribution in [0.25, 0.3) is 0 Å². The molecule has 4 heteroatoms. The molecular formula is C16H14ClFN2. The van der Waals surface area contributed by atoms with E-state index in [0.717, 1.165) is 5.56 Å². The number of hydrogen-bond acceptors (Lipinski definition) is 2. The van der Waals surface area contributed by atoms with Gasteiger partial charge in [0.2, 0.25) is 0 Å². The van der Waals surface area contributed by atoms with Crippen LogP contribution in [0.2, 0.25) is 5.02 Å². The molecule has 0 bridgehead atoms. The highest BCUT2D eigenvalue weighted by molar-refractivity contribution is 6.30. The molecule has 0 fully saturated rings. The van der Waals surface area contributed by atoms with Crippen molar-refractivity contribution in [3.8, 4) is 6.07 Å². The second kappa shape index (κ2) is 5.94. The minimum absolute atomic E-state index is 0.0426. The molecule has 0 aliphatic carbocycles. The van der Waals surface area contributed by atoms with E-state index >= 15 is 0 Å². The molecule has 0 aliphatic heterocycles. The Bertz CT molecular complexity index is 664. The third-order valence-corrected chi connectivity index (χ3v) is 3.63. The number of benzene rings is 2. The maximum absolute atomic E-state index is 13.7. The van der Waals surface area contributed by atoms with Crippen LogP contribution in [0.1, 0.15) is 24.1 Å². The first-order valence-electron chi connectivity index (χ1n) is 6.21. The Morgan fingerprint density at radius 3 is 2.60 bits per heavy atom. The Balaban J connectivity index is 2.29. The Morgan fingerprint density at radius 2 is 2.00 bits per heavy atom. The van der Waals surface area contributed by atoms with Crippen LogP contribution in [0.3, 0.4) is 0 Å². The van der Waals surface area contributed by atoms with Gasteiger partial charge in [-0.05, 0) is 42.8 Å². The largest absolute Gasteiger partial charge is 0.368 e. The van der Waals surface area contributed by atoms with Crippen LogP contribution in [-0.2, 0) is 0 Å². The highest BCUT2D eigenvalue weighted by Gasteiger charge is 2.14. The maximum atomic E-state index is 13.7. The lowest BCUT2D eigenvalue weighted by Crippen LogP contribution is -2.21. The average molecular weight is 289 g/mol. The average Bonchev–Trinajstić information content (AvgIpc) is 2.45. The number of halogens is 2. The van der Waals surface area contributed by atoms with E-state index in [-0.39, 0.29) is 11.6 Å². The molecule has 102 valence electrons. The smallest absolute Gasteiger partial charge is 0.143 e. The van der Waals surface area contributed by atoms with Crippen molar-refractivity contribution in [2.24, 2.45) is 0 Å². The van der Waals surface area contributed by atoms with Gasteiger partial charge in [-0.1, -0.05) is 23.7 Å². The molecule has 0 saturated carbocycles. The Kier molecular flexibility index (Phi) is 4.26. The fourth-order valence-electron chi connectivity index (χ4n) is 2.03. The van der Waals surface area contributed by atoms with Gasteiger partial charge in [0.05, 0.1) is 11.6 Å². The highest BCUT2D eigenvalue weighted by Crippen LogP contribution is 2.27. The zero-order chi connectivity index (χ0) is 14.7. The fraction of sp³-hybridized carbons (Fsp3) is 0.188. The lowest BCUT2D eigenvalue weighted by atomic mass is 10.1. The molecule has 2 nitrogen and oxygen atoms in total. The molecule has 0 N–H and O–H groups in total. The lowest BCUT2D eigenvalue weighted by Gasteiger charge is -2.27. The predicted octanol–water partition coefficient (Wildman–Crippen LogP) is 4.55. The molecule has 0 saturated heterocycles. The summed E-state index contributed by atoms with van der Waals surface area (Å²) in [7, 11) is 1.88. The molecule has 2 aromatic carbocycles. The summed E-state index contributed by atoms with van der Waals surface area (Å²) in [4.78, 5) is 1.94. The third-order valence-electron chi connectivity index (χ3n) is 3.39. The van der Waals surface area contributed by atoms with Crippen LogP contribution >= 0.6 is 11.6 Å². The van der Waals surface area contributed by atoms with E-state index in [0.29, 0.717) is 10.7 Å². The molecule has 0 aliphatic rings. The van der Waals surface area contributed by atoms with Crippen molar-refractivity contribution in [1.82, 2.24) is 0 Å². The molecule has 0 amide bonds. The Hall–Kier alpha value is -2.05. The van der Waals surface area contributed by atoms with Crippen molar-refractivity contribution < 1.29 is 4.39 Å². The fourth-order valence-corrected chi connectivity index (χ4v) is 2.23. The van der Waals surface area contributed by atoms with E-state index < -0.39 is 5.82 Å². The molecule has 1 unspecified atom stereocenters. The van der Waals surface area contributed by atoms with Gasteiger partial charge in [0.15, 0.2) is 0 Å². The van der Waals surface area contributed by atoms with Gasteiger partial charge in [-0.25, -0.2) is 4.39 Å². The van der Waals surface area contributed by atoms with Crippen LogP contribution in [0, 0.1) is 17.1 Å². The molecule has 0 heterocycles. The van der Waals surface area contributed by atoms with Crippen molar-refractivity contribution in [3.63, 3.8) is 0 Å². The summed E-state index contributed by atoms with van der Waals surface area (Å²) >= 11 is 5.99. The first kappa shape index (κ1) is 14.4. The summed E-state index contributed by atoms with van der Waals surface area (Å²) < 4.78 is 13.7. The van der Waals surface area contributed by atoms with Crippen LogP contribution < -0.4 is 4.90 Å². The molecule has 2 aromatic rings. The van der Waals surface area contributed by atoms with Crippen molar-refractivity contribution in [3.05, 3.63) is 64.4 Å². The van der Waals surface area contributed by atoms with Gasteiger partial charge in [-0.15, -0.1) is 0 Å². The molecule has 20 heavy (non-hydrogen) atoms. The summed E-state index contributed by atoms with van der Waals surface area (Å²) in [5.74, 6) is -0.504. The van der Waals surface area contributed by atoms with E-state index in [2.05, 4.69) is 0 Å². The highest BCUT2D eigenvalue weighted by atomic mass is 35.5. The molecule has 1 atom stereocenters. The van der Waals surface area contributed by atoms with Gasteiger partial charge < -0.3 is 4.90 Å². The minimum atomic E-state index is -0.504. The number of hydrogen-bond donors (Lipinski definition) is 0. The van der Waals surface area contributed by atoms with E-state index in [1.54, 1.807) is 6.07 Å². The number of rotatable bonds is 3. The van der Waals surface area contributed by atoms with Gasteiger partial charge in [0, 0.05) is 17.8 Å². The van der Waals surface area contributed by atoms with Crippen molar-refractivity contribution in [1.29, 1.82) is 5.26 Å². The van der Waals surface area contributed by atoms with Gasteiger partial charge in [0.1, 0.15) is 11.9 Å². The predicted molar refractivity (Wildman–Crippen MR) is 79.4 cm³/mol. The Morgan fingerprint density at radius 1 is 1.25 bits per heavy atom. The molecule has 2 rings (SSSR count). The second-order valence-electron chi connectivity index (χ2n) is 4.62. The summed E-state index contributed by atoms with van der Waals surface area (Å²) in [5, 5.41) is 9.42. The first-order valence-corrected chi connectivity index (χ1v) is 6.58. The normalized spacial score (nSPS) is 11.8. The van der Waals surface area contributed by atoms with Crippen LogP contribution in [0.15, 0.2) is 42.5 Å². The van der Waals surface area contributed by atoms with E-state index in [9.17, 15) is 4.39 Å². The molecule has 0 spiro atoms. The topological polar surface area (TPSA) is 27.0 Å². The van der Waals surface area contributed by atoms with E-state index in [1.807, 2.05) is 49.2 Å². The molecule has 0 radical (unpaired) electrons. The van der Waals surface area contributed by atoms with Gasteiger partial charge in [-0.3, -0.25) is 0 Å². The summed E-state index contributed by atoms with van der Waals surface area (Å²) in [6.07, 6.45) is 0. The van der Waals surface area contributed by atoms with Gasteiger partial charge in [0.25, 0.3) is 0 Å². The number of nitriles is 1. The van der Waals surface area contributed by atoms with Crippen LogP contribution in [0.5, 0.6) is 0 Å². The van der Waals surface area contributed by atoms with Crippen LogP contribution in [0.4, 0.5) is 10.1 Å². The van der Waals surface area contributed by atoms with Crippen molar-refractivity contribution >= 4 is 17.3 Å². The van der Waals surface area contributed by atoms with E-state index in [4.69, 9.17) is 16.9 Å². The summed E-state index contributed by atoms with van der Waals surface area (Å²) in [5.41, 5.74) is 1.82. The maximum Gasteiger partial charge on any atom is 0.143 e. The van der Waals surface area contributed by atoms with Gasteiger partial charge in [-0.2, -0.15) is 5.26 Å². The van der Waals surface area contributed by atoms with Crippen molar-refractivity contribution in [2.45, 2.75) is 13.0 Å². The van der Waals surface area contributed by atoms with Gasteiger partial charge >= 0.3 is 0 Å². The summed E-state index contributed by atoms with van der Waals surface area (Å²) in [6, 6.07) is 14.0. The van der Waals surface area contributed by atoms with Crippen molar-refractivity contribution in [2.75, 3.05) is 11.9 Å². The number of anilines is 1. The standard InChI is InChI=1S/C16H14ClFN2/c1-11(12-4-3-5-14(17)8-12)20(2)15-7-6-13(10-19)16(18)9-15/h3-9,11H,1-2H3. The monoisotopic (exact) mass is 288 g/mol. The second-order valence-corrected chi connectivity index (χ2v) is 5.05. The van der Waals surface area contributed by atoms with Crippen LogP contribution in [-0.4, -0.2) is 7.05 Å². The number of nitrogens with zero attached hydrogens (tertiary/aromatic N) is 2. The zero-order valence-electron chi connectivity index (χ0n) is 11.3. The SMILES string of the molecule is CC(c1cccc(Cl)c1)N(C)c1ccc(C#N)c(F)c1. The lowest BCUT2D eigenvalue weighted by molar-refractivity contribution is 0.621. The molecular weight excluding hydrogens is 275 g/mol. The minimum Gasteiger partial charge on any atom is -0.368 e. The first-order chi connectivity index (χ1) is 9.52. The zero-order valence-corrected chi connectivity index (χ0v) is 12.0.